The normalized spacial score (nSPS) is 26.3. The third-order valence-corrected chi connectivity index (χ3v) is 4.09. The van der Waals surface area contributed by atoms with Crippen LogP contribution in [0.3, 0.4) is 0 Å². The van der Waals surface area contributed by atoms with E-state index in [0.717, 1.165) is 25.2 Å². The number of rotatable bonds is 6. The van der Waals surface area contributed by atoms with E-state index in [9.17, 15) is 4.79 Å². The molecule has 0 bridgehead atoms. The van der Waals surface area contributed by atoms with E-state index < -0.39 is 11.5 Å². The molecule has 0 amide bonds. The van der Waals surface area contributed by atoms with E-state index in [1.165, 1.54) is 0 Å². The molecule has 3 unspecified atom stereocenters. The molecule has 0 aliphatic carbocycles. The third-order valence-electron chi connectivity index (χ3n) is 2.79. The maximum atomic E-state index is 10.9. The molecule has 0 aromatic rings. The summed E-state index contributed by atoms with van der Waals surface area (Å²) in [4.78, 5) is 10.9. The summed E-state index contributed by atoms with van der Waals surface area (Å²) in [5, 5.41) is 9.16. The second-order valence-electron chi connectivity index (χ2n) is 4.71. The van der Waals surface area contributed by atoms with Gasteiger partial charge in [0.25, 0.3) is 0 Å². The molecule has 5 heteroatoms. The van der Waals surface area contributed by atoms with Crippen LogP contribution in [0.2, 0.25) is 0 Å². The van der Waals surface area contributed by atoms with E-state index in [-0.39, 0.29) is 5.25 Å². The highest BCUT2D eigenvalue weighted by Crippen LogP contribution is 2.24. The Morgan fingerprint density at radius 3 is 2.94 bits per heavy atom. The average Bonchev–Trinajstić information content (AvgIpc) is 2.66. The summed E-state index contributed by atoms with van der Waals surface area (Å²) in [5.41, 5.74) is 4.58. The van der Waals surface area contributed by atoms with Gasteiger partial charge in [0.15, 0.2) is 0 Å². The summed E-state index contributed by atoms with van der Waals surface area (Å²) in [5.74, 6) is 0.00806. The van der Waals surface area contributed by atoms with Crippen molar-refractivity contribution in [1.29, 1.82) is 0 Å². The summed E-state index contributed by atoms with van der Waals surface area (Å²) in [7, 11) is 0. The molecule has 4 nitrogen and oxygen atoms in total. The SMILES string of the molecule is CC(CC(C)(N)C(=O)O)SCC1CCCO1. The van der Waals surface area contributed by atoms with Crippen LogP contribution in [0.4, 0.5) is 0 Å². The average molecular weight is 247 g/mol. The monoisotopic (exact) mass is 247 g/mol. The van der Waals surface area contributed by atoms with Crippen molar-refractivity contribution in [2.24, 2.45) is 5.73 Å². The fourth-order valence-corrected chi connectivity index (χ4v) is 3.06. The number of carboxylic acid groups (broad SMARTS) is 1. The van der Waals surface area contributed by atoms with E-state index in [1.54, 1.807) is 18.7 Å². The number of hydrogen-bond donors (Lipinski definition) is 2. The fourth-order valence-electron chi connectivity index (χ4n) is 1.79. The first kappa shape index (κ1) is 13.8. The van der Waals surface area contributed by atoms with Crippen molar-refractivity contribution in [1.82, 2.24) is 0 Å². The van der Waals surface area contributed by atoms with E-state index in [1.807, 2.05) is 6.92 Å². The number of aliphatic carboxylic acids is 1. The quantitative estimate of drug-likeness (QED) is 0.744. The Labute approximate surface area is 101 Å². The molecule has 0 spiro atoms. The number of ether oxygens (including phenoxy) is 1. The lowest BCUT2D eigenvalue weighted by atomic mass is 9.98. The molecule has 16 heavy (non-hydrogen) atoms. The van der Waals surface area contributed by atoms with E-state index in [4.69, 9.17) is 15.6 Å². The Morgan fingerprint density at radius 1 is 1.75 bits per heavy atom. The van der Waals surface area contributed by atoms with Crippen molar-refractivity contribution in [3.63, 3.8) is 0 Å². The van der Waals surface area contributed by atoms with Gasteiger partial charge in [0, 0.05) is 17.6 Å². The molecule has 1 rings (SSSR count). The predicted molar refractivity (Wildman–Crippen MR) is 65.7 cm³/mol. The topological polar surface area (TPSA) is 72.6 Å². The summed E-state index contributed by atoms with van der Waals surface area (Å²) in [6.07, 6.45) is 3.10. The second kappa shape index (κ2) is 5.89. The molecule has 1 saturated heterocycles. The largest absolute Gasteiger partial charge is 0.480 e. The predicted octanol–water partition coefficient (Wildman–Crippen LogP) is 1.48. The van der Waals surface area contributed by atoms with Crippen LogP contribution < -0.4 is 5.73 Å². The smallest absolute Gasteiger partial charge is 0.323 e. The molecule has 1 aliphatic heterocycles. The van der Waals surface area contributed by atoms with Gasteiger partial charge in [0.2, 0.25) is 0 Å². The number of carbonyl (C=O) groups is 1. The van der Waals surface area contributed by atoms with Crippen LogP contribution in [0.15, 0.2) is 0 Å². The Kier molecular flexibility index (Phi) is 5.08. The number of hydrogen-bond acceptors (Lipinski definition) is 4. The molecule has 1 heterocycles. The van der Waals surface area contributed by atoms with Gasteiger partial charge in [-0.15, -0.1) is 0 Å². The van der Waals surface area contributed by atoms with E-state index in [2.05, 4.69) is 0 Å². The summed E-state index contributed by atoms with van der Waals surface area (Å²) in [6.45, 7) is 4.45. The summed E-state index contributed by atoms with van der Waals surface area (Å²) < 4.78 is 5.51. The van der Waals surface area contributed by atoms with Gasteiger partial charge in [-0.1, -0.05) is 6.92 Å². The molecule has 0 radical (unpaired) electrons. The Bertz CT molecular complexity index is 239. The lowest BCUT2D eigenvalue weighted by Crippen LogP contribution is -2.46. The first-order chi connectivity index (χ1) is 7.42. The molecule has 3 N–H and O–H groups in total. The van der Waals surface area contributed by atoms with Gasteiger partial charge in [-0.2, -0.15) is 11.8 Å². The van der Waals surface area contributed by atoms with Crippen molar-refractivity contribution in [3.05, 3.63) is 0 Å². The van der Waals surface area contributed by atoms with Gasteiger partial charge in [-0.25, -0.2) is 0 Å². The van der Waals surface area contributed by atoms with Crippen LogP contribution in [0.1, 0.15) is 33.1 Å². The zero-order valence-electron chi connectivity index (χ0n) is 9.94. The number of carboxylic acids is 1. The highest BCUT2D eigenvalue weighted by molar-refractivity contribution is 7.99. The van der Waals surface area contributed by atoms with Gasteiger partial charge in [0.1, 0.15) is 5.54 Å². The molecule has 94 valence electrons. The molecular formula is C11H21NO3S. The minimum atomic E-state index is -1.12. The lowest BCUT2D eigenvalue weighted by Gasteiger charge is -2.23. The summed E-state index contributed by atoms with van der Waals surface area (Å²) >= 11 is 1.75. The van der Waals surface area contributed by atoms with Crippen LogP contribution >= 0.6 is 11.8 Å². The Morgan fingerprint density at radius 2 is 2.44 bits per heavy atom. The Balaban J connectivity index is 2.24. The lowest BCUT2D eigenvalue weighted by molar-refractivity contribution is -0.142. The third kappa shape index (κ3) is 4.31. The van der Waals surface area contributed by atoms with E-state index >= 15 is 0 Å². The van der Waals surface area contributed by atoms with Gasteiger partial charge in [0.05, 0.1) is 6.10 Å². The van der Waals surface area contributed by atoms with Gasteiger partial charge >= 0.3 is 5.97 Å². The van der Waals surface area contributed by atoms with Crippen LogP contribution in [-0.4, -0.2) is 40.3 Å². The number of nitrogens with two attached hydrogens (primary N) is 1. The first-order valence-electron chi connectivity index (χ1n) is 5.67. The first-order valence-corrected chi connectivity index (χ1v) is 6.72. The zero-order valence-corrected chi connectivity index (χ0v) is 10.8. The van der Waals surface area contributed by atoms with Crippen LogP contribution in [0.25, 0.3) is 0 Å². The molecular weight excluding hydrogens is 226 g/mol. The zero-order chi connectivity index (χ0) is 12.2. The Hall–Kier alpha value is -0.260. The van der Waals surface area contributed by atoms with Gasteiger partial charge in [-0.05, 0) is 26.2 Å². The standard InChI is InChI=1S/C11H21NO3S/c1-8(6-11(2,12)10(13)14)16-7-9-4-3-5-15-9/h8-9H,3-7,12H2,1-2H3,(H,13,14). The molecule has 1 fully saturated rings. The van der Waals surface area contributed by atoms with Gasteiger partial charge < -0.3 is 15.6 Å². The van der Waals surface area contributed by atoms with Crippen molar-refractivity contribution in [2.45, 2.75) is 50.0 Å². The maximum absolute atomic E-state index is 10.9. The van der Waals surface area contributed by atoms with Crippen molar-refractivity contribution >= 4 is 17.7 Å². The summed E-state index contributed by atoms with van der Waals surface area (Å²) in [6, 6.07) is 0. The van der Waals surface area contributed by atoms with Gasteiger partial charge in [-0.3, -0.25) is 4.79 Å². The molecule has 3 atom stereocenters. The fraction of sp³-hybridized carbons (Fsp3) is 0.909. The molecule has 0 aromatic carbocycles. The molecule has 0 saturated carbocycles. The number of thioether (sulfide) groups is 1. The highest BCUT2D eigenvalue weighted by atomic mass is 32.2. The highest BCUT2D eigenvalue weighted by Gasteiger charge is 2.30. The van der Waals surface area contributed by atoms with Crippen molar-refractivity contribution in [2.75, 3.05) is 12.4 Å². The minimum Gasteiger partial charge on any atom is -0.480 e. The molecule has 0 aromatic heterocycles. The van der Waals surface area contributed by atoms with E-state index in [0.29, 0.717) is 12.5 Å². The van der Waals surface area contributed by atoms with Crippen LogP contribution in [-0.2, 0) is 9.53 Å². The van der Waals surface area contributed by atoms with Crippen molar-refractivity contribution in [3.8, 4) is 0 Å². The van der Waals surface area contributed by atoms with Crippen LogP contribution in [0, 0.1) is 0 Å². The van der Waals surface area contributed by atoms with Crippen LogP contribution in [0.5, 0.6) is 0 Å². The molecule has 1 aliphatic rings. The second-order valence-corrected chi connectivity index (χ2v) is 6.18. The van der Waals surface area contributed by atoms with Crippen molar-refractivity contribution < 1.29 is 14.6 Å². The maximum Gasteiger partial charge on any atom is 0.323 e. The minimum absolute atomic E-state index is 0.246.